The van der Waals surface area contributed by atoms with E-state index in [1.807, 2.05) is 11.9 Å². The van der Waals surface area contributed by atoms with Gasteiger partial charge in [-0.25, -0.2) is 12.8 Å². The Labute approximate surface area is 173 Å². The number of ether oxygens (including phenoxy) is 1. The largest absolute Gasteiger partial charge is 0.492 e. The Balaban J connectivity index is 0.00000625. The summed E-state index contributed by atoms with van der Waals surface area (Å²) in [5.41, 5.74) is 0. The molecule has 6 nitrogen and oxygen atoms in total. The zero-order valence-corrected chi connectivity index (χ0v) is 19.1. The topological polar surface area (TPSA) is 71.0 Å². The van der Waals surface area contributed by atoms with E-state index in [1.165, 1.54) is 12.1 Å². The van der Waals surface area contributed by atoms with Gasteiger partial charge in [0.05, 0.1) is 17.0 Å². The van der Waals surface area contributed by atoms with Crippen LogP contribution in [0.25, 0.3) is 0 Å². The molecule has 0 atom stereocenters. The molecule has 0 spiro atoms. The summed E-state index contributed by atoms with van der Waals surface area (Å²) in [5.74, 6) is 0.912. The Morgan fingerprint density at radius 3 is 2.35 bits per heavy atom. The lowest BCUT2D eigenvalue weighted by atomic mass is 10.3. The molecule has 1 aromatic rings. The average molecular weight is 501 g/mol. The molecule has 0 aliphatic carbocycles. The predicted molar refractivity (Wildman–Crippen MR) is 115 cm³/mol. The maximum atomic E-state index is 12.8. The lowest BCUT2D eigenvalue weighted by Gasteiger charge is -2.23. The van der Waals surface area contributed by atoms with E-state index in [0.717, 1.165) is 0 Å². The first kappa shape index (κ1) is 24.9. The van der Waals surface area contributed by atoms with E-state index < -0.39 is 14.6 Å². The van der Waals surface area contributed by atoms with Crippen molar-refractivity contribution in [3.63, 3.8) is 0 Å². The first-order valence-corrected chi connectivity index (χ1v) is 9.74. The molecule has 0 heterocycles. The minimum atomic E-state index is -3.18. The number of guanidine groups is 1. The van der Waals surface area contributed by atoms with Crippen molar-refractivity contribution in [2.75, 3.05) is 39.5 Å². The number of aliphatic imine (C=N–C) groups is 1. The Kier molecular flexibility index (Phi) is 10.4. The van der Waals surface area contributed by atoms with E-state index in [9.17, 15) is 12.8 Å². The van der Waals surface area contributed by atoms with Crippen molar-refractivity contribution < 1.29 is 17.5 Å². The molecule has 0 aromatic heterocycles. The third kappa shape index (κ3) is 8.07. The van der Waals surface area contributed by atoms with Crippen molar-refractivity contribution in [1.29, 1.82) is 0 Å². The van der Waals surface area contributed by atoms with Gasteiger partial charge in [0, 0.05) is 20.6 Å². The number of likely N-dealkylation sites (N-methyl/N-ethyl adjacent to an activating group) is 1. The van der Waals surface area contributed by atoms with Gasteiger partial charge in [0.2, 0.25) is 0 Å². The molecule has 0 saturated carbocycles. The molecule has 1 rings (SSSR count). The fourth-order valence-corrected chi connectivity index (χ4v) is 2.91. The third-order valence-corrected chi connectivity index (χ3v) is 6.28. The van der Waals surface area contributed by atoms with Crippen molar-refractivity contribution in [3.05, 3.63) is 30.1 Å². The van der Waals surface area contributed by atoms with Gasteiger partial charge in [-0.15, -0.1) is 24.0 Å². The number of sulfone groups is 1. The highest BCUT2D eigenvalue weighted by Gasteiger charge is 2.28. The molecule has 0 unspecified atom stereocenters. The van der Waals surface area contributed by atoms with Crippen molar-refractivity contribution in [3.8, 4) is 5.75 Å². The van der Waals surface area contributed by atoms with E-state index >= 15 is 0 Å². The molecule has 0 aliphatic rings. The fourth-order valence-electron chi connectivity index (χ4n) is 1.93. The van der Waals surface area contributed by atoms with E-state index in [2.05, 4.69) is 10.3 Å². The zero-order valence-electron chi connectivity index (χ0n) is 16.0. The van der Waals surface area contributed by atoms with Gasteiger partial charge in [0.15, 0.2) is 15.8 Å². The average Bonchev–Trinajstić information content (AvgIpc) is 2.52. The molecule has 1 N–H and O–H groups in total. The molecule has 0 radical (unpaired) electrons. The number of nitrogens with zero attached hydrogens (tertiary/aromatic N) is 2. The summed E-state index contributed by atoms with van der Waals surface area (Å²) in [4.78, 5) is 5.98. The summed E-state index contributed by atoms with van der Waals surface area (Å²) in [7, 11) is 0.297. The predicted octanol–water partition coefficient (Wildman–Crippen LogP) is 2.54. The number of hydrogen-bond acceptors (Lipinski definition) is 4. The van der Waals surface area contributed by atoms with E-state index in [-0.39, 0.29) is 42.1 Å². The van der Waals surface area contributed by atoms with E-state index in [4.69, 9.17) is 4.74 Å². The molecular weight excluding hydrogens is 472 g/mol. The molecule has 150 valence electrons. The quantitative estimate of drug-likeness (QED) is 0.354. The van der Waals surface area contributed by atoms with Gasteiger partial charge in [-0.1, -0.05) is 0 Å². The van der Waals surface area contributed by atoms with E-state index in [0.29, 0.717) is 24.9 Å². The summed E-state index contributed by atoms with van der Waals surface area (Å²) < 4.78 is 41.8. The first-order chi connectivity index (χ1) is 11.6. The number of rotatable bonds is 7. The molecule has 0 fully saturated rings. The lowest BCUT2D eigenvalue weighted by Crippen LogP contribution is -2.43. The second kappa shape index (κ2) is 10.9. The normalized spacial score (nSPS) is 12.3. The van der Waals surface area contributed by atoms with Gasteiger partial charge in [-0.05, 0) is 45.0 Å². The van der Waals surface area contributed by atoms with Crippen LogP contribution in [0.15, 0.2) is 29.3 Å². The van der Waals surface area contributed by atoms with Gasteiger partial charge in [-0.3, -0.25) is 4.99 Å². The molecule has 0 saturated heterocycles. The zero-order chi connectivity index (χ0) is 19.1. The number of nitrogens with one attached hydrogen (secondary N) is 1. The smallest absolute Gasteiger partial charge is 0.193 e. The molecule has 0 bridgehead atoms. The monoisotopic (exact) mass is 501 g/mol. The molecular formula is C17H29FIN3O3S. The van der Waals surface area contributed by atoms with Crippen molar-refractivity contribution in [1.82, 2.24) is 10.2 Å². The minimum absolute atomic E-state index is 0. The second-order valence-electron chi connectivity index (χ2n) is 6.63. The maximum absolute atomic E-state index is 12.8. The first-order valence-electron chi connectivity index (χ1n) is 8.09. The summed E-state index contributed by atoms with van der Waals surface area (Å²) >= 11 is 0. The highest BCUT2D eigenvalue weighted by atomic mass is 127. The van der Waals surface area contributed by atoms with Crippen LogP contribution in [0.1, 0.15) is 20.8 Å². The molecule has 0 aliphatic heterocycles. The summed E-state index contributed by atoms with van der Waals surface area (Å²) in [6.07, 6.45) is 0. The summed E-state index contributed by atoms with van der Waals surface area (Å²) in [6, 6.07) is 5.82. The van der Waals surface area contributed by atoms with Crippen LogP contribution in [0.3, 0.4) is 0 Å². The van der Waals surface area contributed by atoms with Gasteiger partial charge >= 0.3 is 0 Å². The number of benzene rings is 1. The SMILES string of the molecule is CN=C(NCCS(=O)(=O)C(C)(C)C)N(C)CCOc1ccc(F)cc1.I. The Morgan fingerprint density at radius 1 is 1.27 bits per heavy atom. The third-order valence-electron chi connectivity index (χ3n) is 3.67. The fraction of sp³-hybridized carbons (Fsp3) is 0.588. The van der Waals surface area contributed by atoms with Gasteiger partial charge in [0.1, 0.15) is 18.2 Å². The van der Waals surface area contributed by atoms with Crippen molar-refractivity contribution in [2.45, 2.75) is 25.5 Å². The summed E-state index contributed by atoms with van der Waals surface area (Å²) in [6.45, 7) is 6.30. The van der Waals surface area contributed by atoms with E-state index in [1.54, 1.807) is 40.0 Å². The maximum Gasteiger partial charge on any atom is 0.193 e. The van der Waals surface area contributed by atoms with Gasteiger partial charge in [0.25, 0.3) is 0 Å². The molecule has 26 heavy (non-hydrogen) atoms. The minimum Gasteiger partial charge on any atom is -0.492 e. The van der Waals surface area contributed by atoms with Crippen LogP contribution in [0.2, 0.25) is 0 Å². The van der Waals surface area contributed by atoms with Crippen LogP contribution in [0, 0.1) is 5.82 Å². The Morgan fingerprint density at radius 2 is 1.85 bits per heavy atom. The molecule has 1 aromatic carbocycles. The van der Waals surface area contributed by atoms with Crippen LogP contribution >= 0.6 is 24.0 Å². The van der Waals surface area contributed by atoms with Crippen molar-refractivity contribution >= 4 is 39.8 Å². The molecule has 9 heteroatoms. The van der Waals surface area contributed by atoms with Gasteiger partial charge < -0.3 is 15.0 Å². The van der Waals surface area contributed by atoms with Crippen LogP contribution < -0.4 is 10.1 Å². The number of halogens is 2. The van der Waals surface area contributed by atoms with Crippen LogP contribution in [0.4, 0.5) is 4.39 Å². The highest BCUT2D eigenvalue weighted by molar-refractivity contribution is 14.0. The number of hydrogen-bond donors (Lipinski definition) is 1. The Bertz CT molecular complexity index is 673. The van der Waals surface area contributed by atoms with Crippen LogP contribution in [-0.2, 0) is 9.84 Å². The second-order valence-corrected chi connectivity index (χ2v) is 9.49. The summed E-state index contributed by atoms with van der Waals surface area (Å²) in [5, 5.41) is 3.05. The van der Waals surface area contributed by atoms with Gasteiger partial charge in [-0.2, -0.15) is 0 Å². The van der Waals surface area contributed by atoms with Crippen LogP contribution in [-0.4, -0.2) is 63.6 Å². The molecule has 0 amide bonds. The standard InChI is InChI=1S/C17H28FN3O3S.HI/c1-17(2,3)25(22,23)13-10-20-16(19-4)21(5)11-12-24-15-8-6-14(18)7-9-15;/h6-9H,10-13H2,1-5H3,(H,19,20);1H. The van der Waals surface area contributed by atoms with Crippen LogP contribution in [0.5, 0.6) is 5.75 Å². The Hall–Kier alpha value is -1.10. The van der Waals surface area contributed by atoms with Crippen molar-refractivity contribution in [2.24, 2.45) is 4.99 Å². The lowest BCUT2D eigenvalue weighted by molar-refractivity contribution is 0.281. The highest BCUT2D eigenvalue weighted by Crippen LogP contribution is 2.15.